The van der Waals surface area contributed by atoms with E-state index in [1.165, 1.54) is 33.4 Å². The lowest BCUT2D eigenvalue weighted by Gasteiger charge is -2.22. The van der Waals surface area contributed by atoms with Crippen molar-refractivity contribution in [2.75, 3.05) is 0 Å². The molecule has 278 valence electrons. The van der Waals surface area contributed by atoms with E-state index in [2.05, 4.69) is 117 Å². The highest BCUT2D eigenvalue weighted by molar-refractivity contribution is 6.13. The summed E-state index contributed by atoms with van der Waals surface area (Å²) in [7, 11) is 0. The average Bonchev–Trinajstić information content (AvgIpc) is 3.93. The van der Waals surface area contributed by atoms with Gasteiger partial charge in [0.25, 0.3) is 0 Å². The Morgan fingerprint density at radius 3 is 1.71 bits per heavy atom. The minimum atomic E-state index is -0.0423. The number of rotatable bonds is 5. The SMILES string of the molecule is CC1(C)c2ccccc2-c2ccc(-c3ccc(-c4ccc5oc6cccc(-c7nc(-c8ccccc8)nc(-c8ccc9oc%10ccccc%10c9c8)n7)c6c5c4)cc3)cc21. The second kappa shape index (κ2) is 12.7. The number of benzene rings is 8. The van der Waals surface area contributed by atoms with Crippen LogP contribution in [0.5, 0.6) is 0 Å². The summed E-state index contributed by atoms with van der Waals surface area (Å²) in [6.45, 7) is 4.66. The van der Waals surface area contributed by atoms with Crippen molar-refractivity contribution in [1.29, 1.82) is 0 Å². The summed E-state index contributed by atoms with van der Waals surface area (Å²) in [4.78, 5) is 15.3. The van der Waals surface area contributed by atoms with Crippen molar-refractivity contribution < 1.29 is 8.83 Å². The maximum atomic E-state index is 6.49. The normalized spacial score (nSPS) is 13.1. The van der Waals surface area contributed by atoms with Crippen LogP contribution in [-0.4, -0.2) is 15.0 Å². The number of hydrogen-bond donors (Lipinski definition) is 0. The Morgan fingerprint density at radius 1 is 0.339 bits per heavy atom. The number of para-hydroxylation sites is 1. The summed E-state index contributed by atoms with van der Waals surface area (Å²) in [5.41, 5.74) is 16.0. The fraction of sp³-hybridized carbons (Fsp3) is 0.0556. The molecule has 1 aliphatic rings. The van der Waals surface area contributed by atoms with Gasteiger partial charge in [-0.15, -0.1) is 0 Å². The number of furan rings is 2. The molecule has 3 heterocycles. The lowest BCUT2D eigenvalue weighted by molar-refractivity contribution is 0.660. The van der Waals surface area contributed by atoms with E-state index >= 15 is 0 Å². The Labute approximate surface area is 340 Å². The first kappa shape index (κ1) is 33.5. The van der Waals surface area contributed by atoms with Gasteiger partial charge in [0.05, 0.1) is 0 Å². The van der Waals surface area contributed by atoms with Crippen molar-refractivity contribution in [2.24, 2.45) is 0 Å². The Bertz CT molecular complexity index is 3470. The van der Waals surface area contributed by atoms with Crippen molar-refractivity contribution in [3.8, 4) is 67.5 Å². The van der Waals surface area contributed by atoms with Crippen LogP contribution in [0.2, 0.25) is 0 Å². The van der Waals surface area contributed by atoms with Crippen molar-refractivity contribution in [3.63, 3.8) is 0 Å². The van der Waals surface area contributed by atoms with E-state index in [1.54, 1.807) is 0 Å². The third kappa shape index (κ3) is 5.28. The smallest absolute Gasteiger partial charge is 0.164 e. The minimum absolute atomic E-state index is 0.0423. The number of nitrogens with zero attached hydrogens (tertiary/aromatic N) is 3. The molecule has 0 saturated carbocycles. The van der Waals surface area contributed by atoms with Crippen LogP contribution >= 0.6 is 0 Å². The predicted molar refractivity (Wildman–Crippen MR) is 239 cm³/mol. The van der Waals surface area contributed by atoms with Gasteiger partial charge in [0.15, 0.2) is 17.5 Å². The molecule has 0 radical (unpaired) electrons. The van der Waals surface area contributed by atoms with Gasteiger partial charge in [-0.2, -0.15) is 0 Å². The highest BCUT2D eigenvalue weighted by atomic mass is 16.3. The standard InChI is InChI=1S/C54H35N3O2/c1-54(2)44-16-8-6-13-38(44)39-26-23-36(31-45(39)54)33-21-19-32(20-22-33)35-24-27-48-43(29-35)50-41(15-10-18-49(50)59-48)53-56-51(34-11-4-3-5-12-34)55-52(57-53)37-25-28-47-42(30-37)40-14-7-9-17-46(40)58-47/h3-31H,1-2H3. The molecule has 0 bridgehead atoms. The molecule has 0 fully saturated rings. The first-order valence-electron chi connectivity index (χ1n) is 20.0. The molecule has 0 spiro atoms. The number of fused-ring (bicyclic) bond motifs is 9. The number of aromatic nitrogens is 3. The second-order valence-corrected chi connectivity index (χ2v) is 16.0. The van der Waals surface area contributed by atoms with Gasteiger partial charge in [0, 0.05) is 43.7 Å². The molecule has 5 heteroatoms. The molecular weight excluding hydrogens is 723 g/mol. The quantitative estimate of drug-likeness (QED) is 0.175. The van der Waals surface area contributed by atoms with E-state index in [0.717, 1.165) is 71.7 Å². The van der Waals surface area contributed by atoms with Crippen LogP contribution in [0.15, 0.2) is 185 Å². The zero-order chi connectivity index (χ0) is 39.2. The summed E-state index contributed by atoms with van der Waals surface area (Å²) < 4.78 is 12.6. The molecule has 11 aromatic rings. The molecule has 0 aliphatic heterocycles. The third-order valence-electron chi connectivity index (χ3n) is 12.2. The largest absolute Gasteiger partial charge is 0.456 e. The maximum Gasteiger partial charge on any atom is 0.164 e. The predicted octanol–water partition coefficient (Wildman–Crippen LogP) is 14.3. The molecule has 3 aromatic heterocycles. The van der Waals surface area contributed by atoms with Crippen LogP contribution in [0.1, 0.15) is 25.0 Å². The van der Waals surface area contributed by atoms with E-state index in [-0.39, 0.29) is 5.41 Å². The van der Waals surface area contributed by atoms with Crippen molar-refractivity contribution in [1.82, 2.24) is 15.0 Å². The monoisotopic (exact) mass is 757 g/mol. The van der Waals surface area contributed by atoms with E-state index < -0.39 is 0 Å². The lowest BCUT2D eigenvalue weighted by Crippen LogP contribution is -2.14. The van der Waals surface area contributed by atoms with Crippen LogP contribution in [0.25, 0.3) is 111 Å². The summed E-state index contributed by atoms with van der Waals surface area (Å²) in [6, 6.07) is 61.5. The summed E-state index contributed by atoms with van der Waals surface area (Å²) in [5, 5.41) is 4.05. The van der Waals surface area contributed by atoms with Gasteiger partial charge in [-0.3, -0.25) is 0 Å². The summed E-state index contributed by atoms with van der Waals surface area (Å²) in [5.74, 6) is 1.77. The Hall–Kier alpha value is -7.63. The van der Waals surface area contributed by atoms with Gasteiger partial charge in [0.1, 0.15) is 22.3 Å². The van der Waals surface area contributed by atoms with Crippen LogP contribution in [0, 0.1) is 0 Å². The van der Waals surface area contributed by atoms with Gasteiger partial charge in [0.2, 0.25) is 0 Å². The molecule has 0 amide bonds. The first-order chi connectivity index (χ1) is 29.0. The Balaban J connectivity index is 0.956. The minimum Gasteiger partial charge on any atom is -0.456 e. The molecule has 0 unspecified atom stereocenters. The highest BCUT2D eigenvalue weighted by Gasteiger charge is 2.35. The highest BCUT2D eigenvalue weighted by Crippen LogP contribution is 2.49. The topological polar surface area (TPSA) is 65.0 Å². The first-order valence-corrected chi connectivity index (χ1v) is 20.0. The van der Waals surface area contributed by atoms with Crippen molar-refractivity contribution in [2.45, 2.75) is 19.3 Å². The Kier molecular flexibility index (Phi) is 7.20. The summed E-state index contributed by atoms with van der Waals surface area (Å²) in [6.07, 6.45) is 0. The zero-order valence-corrected chi connectivity index (χ0v) is 32.4. The lowest BCUT2D eigenvalue weighted by atomic mass is 9.81. The molecule has 12 rings (SSSR count). The fourth-order valence-corrected chi connectivity index (χ4v) is 9.14. The molecular formula is C54H35N3O2. The summed E-state index contributed by atoms with van der Waals surface area (Å²) >= 11 is 0. The molecule has 1 aliphatic carbocycles. The Morgan fingerprint density at radius 2 is 0.881 bits per heavy atom. The second-order valence-electron chi connectivity index (χ2n) is 16.0. The van der Waals surface area contributed by atoms with Crippen LogP contribution in [-0.2, 0) is 5.41 Å². The fourth-order valence-electron chi connectivity index (χ4n) is 9.14. The van der Waals surface area contributed by atoms with Gasteiger partial charge in [-0.1, -0.05) is 141 Å². The van der Waals surface area contributed by atoms with E-state index in [4.69, 9.17) is 23.8 Å². The van der Waals surface area contributed by atoms with Crippen LogP contribution in [0.4, 0.5) is 0 Å². The molecule has 5 nitrogen and oxygen atoms in total. The van der Waals surface area contributed by atoms with Gasteiger partial charge in [-0.05, 0) is 93.0 Å². The van der Waals surface area contributed by atoms with Crippen molar-refractivity contribution in [3.05, 3.63) is 187 Å². The number of hydrogen-bond acceptors (Lipinski definition) is 5. The molecule has 59 heavy (non-hydrogen) atoms. The van der Waals surface area contributed by atoms with Gasteiger partial charge < -0.3 is 8.83 Å². The van der Waals surface area contributed by atoms with E-state index in [1.807, 2.05) is 72.8 Å². The maximum absolute atomic E-state index is 6.49. The molecule has 0 atom stereocenters. The van der Waals surface area contributed by atoms with Gasteiger partial charge in [-0.25, -0.2) is 15.0 Å². The zero-order valence-electron chi connectivity index (χ0n) is 32.4. The molecule has 0 N–H and O–H groups in total. The van der Waals surface area contributed by atoms with Crippen LogP contribution in [0.3, 0.4) is 0 Å². The average molecular weight is 758 g/mol. The van der Waals surface area contributed by atoms with E-state index in [9.17, 15) is 0 Å². The molecule has 0 saturated heterocycles. The third-order valence-corrected chi connectivity index (χ3v) is 12.2. The van der Waals surface area contributed by atoms with Crippen LogP contribution < -0.4 is 0 Å². The van der Waals surface area contributed by atoms with E-state index in [0.29, 0.717) is 17.5 Å². The molecule has 8 aromatic carbocycles. The van der Waals surface area contributed by atoms with Gasteiger partial charge >= 0.3 is 0 Å². The van der Waals surface area contributed by atoms with Crippen molar-refractivity contribution >= 4 is 43.9 Å².